The molecule has 19 heavy (non-hydrogen) atoms. The largest absolute Gasteiger partial charge is 0.389 e. The molecule has 2 atom stereocenters. The van der Waals surface area contributed by atoms with Crippen LogP contribution in [0.4, 0.5) is 5.82 Å². The second kappa shape index (κ2) is 5.41. The lowest BCUT2D eigenvalue weighted by atomic mass is 10.3. The van der Waals surface area contributed by atoms with E-state index in [-0.39, 0.29) is 18.0 Å². The molecule has 3 N–H and O–H groups in total. The zero-order valence-electron chi connectivity index (χ0n) is 10.5. The van der Waals surface area contributed by atoms with Crippen molar-refractivity contribution in [2.75, 3.05) is 25.0 Å². The van der Waals surface area contributed by atoms with Gasteiger partial charge in [0.25, 0.3) is 0 Å². The number of nitrogens with zero attached hydrogens (tertiary/aromatic N) is 2. The van der Waals surface area contributed by atoms with E-state index in [0.717, 1.165) is 4.31 Å². The first-order valence-electron chi connectivity index (χ1n) is 6.01. The lowest BCUT2D eigenvalue weighted by Crippen LogP contribution is -2.30. The van der Waals surface area contributed by atoms with Crippen molar-refractivity contribution in [1.82, 2.24) is 9.29 Å². The van der Waals surface area contributed by atoms with Crippen LogP contribution in [-0.2, 0) is 10.0 Å². The fourth-order valence-electron chi connectivity index (χ4n) is 1.93. The van der Waals surface area contributed by atoms with Gasteiger partial charge in [0.05, 0.1) is 17.1 Å². The van der Waals surface area contributed by atoms with Gasteiger partial charge in [0.1, 0.15) is 5.82 Å². The lowest BCUT2D eigenvalue weighted by molar-refractivity contribution is 0.0572. The molecule has 0 radical (unpaired) electrons. The van der Waals surface area contributed by atoms with Crippen LogP contribution >= 0.6 is 0 Å². The summed E-state index contributed by atoms with van der Waals surface area (Å²) in [5.41, 5.74) is 0. The maximum atomic E-state index is 12.3. The van der Waals surface area contributed by atoms with Crippen LogP contribution in [0.25, 0.3) is 0 Å². The second-order valence-electron chi connectivity index (χ2n) is 4.36. The van der Waals surface area contributed by atoms with Gasteiger partial charge < -0.3 is 15.5 Å². The number of aromatic nitrogens is 1. The van der Waals surface area contributed by atoms with Crippen LogP contribution in [0.1, 0.15) is 6.92 Å². The van der Waals surface area contributed by atoms with Crippen LogP contribution in [-0.4, -0.2) is 59.8 Å². The molecule has 0 aliphatic carbocycles. The van der Waals surface area contributed by atoms with Crippen molar-refractivity contribution in [2.45, 2.75) is 24.0 Å². The Balaban J connectivity index is 2.27. The number of pyridine rings is 1. The van der Waals surface area contributed by atoms with E-state index < -0.39 is 22.2 Å². The highest BCUT2D eigenvalue weighted by Crippen LogP contribution is 2.22. The average Bonchev–Trinajstić information content (AvgIpc) is 2.71. The minimum Gasteiger partial charge on any atom is -0.389 e. The standard InChI is InChI=1S/C11H17N3O4S/c1-2-12-11-5-8(3-4-13-11)19(17,18)14-6-9(15)10(16)7-14/h3-5,9-10,15-16H,2,6-7H2,1H3,(H,12,13). The minimum atomic E-state index is -3.71. The molecule has 0 spiro atoms. The molecule has 1 aliphatic rings. The second-order valence-corrected chi connectivity index (χ2v) is 6.30. The van der Waals surface area contributed by atoms with Crippen molar-refractivity contribution in [3.63, 3.8) is 0 Å². The highest BCUT2D eigenvalue weighted by atomic mass is 32.2. The summed E-state index contributed by atoms with van der Waals surface area (Å²) in [6, 6.07) is 2.84. The van der Waals surface area contributed by atoms with Crippen LogP contribution in [0.3, 0.4) is 0 Å². The van der Waals surface area contributed by atoms with Crippen LogP contribution in [0.5, 0.6) is 0 Å². The predicted molar refractivity (Wildman–Crippen MR) is 69.2 cm³/mol. The molecule has 0 amide bonds. The van der Waals surface area contributed by atoms with Gasteiger partial charge in [-0.1, -0.05) is 0 Å². The summed E-state index contributed by atoms with van der Waals surface area (Å²) in [7, 11) is -3.71. The lowest BCUT2D eigenvalue weighted by Gasteiger charge is -2.16. The molecule has 1 aromatic heterocycles. The molecule has 7 nitrogen and oxygen atoms in total. The van der Waals surface area contributed by atoms with Crippen molar-refractivity contribution in [3.8, 4) is 0 Å². The quantitative estimate of drug-likeness (QED) is 0.672. The Bertz CT molecular complexity index is 539. The van der Waals surface area contributed by atoms with Gasteiger partial charge in [-0.25, -0.2) is 13.4 Å². The summed E-state index contributed by atoms with van der Waals surface area (Å²) in [4.78, 5) is 4.10. The molecular weight excluding hydrogens is 270 g/mol. The van der Waals surface area contributed by atoms with E-state index in [1.54, 1.807) is 0 Å². The average molecular weight is 287 g/mol. The third-order valence-electron chi connectivity index (χ3n) is 2.95. The van der Waals surface area contributed by atoms with Crippen LogP contribution in [0, 0.1) is 0 Å². The summed E-state index contributed by atoms with van der Waals surface area (Å²) in [5.74, 6) is 0.476. The molecule has 0 bridgehead atoms. The number of rotatable bonds is 4. The summed E-state index contributed by atoms with van der Waals surface area (Å²) in [6.45, 7) is 2.33. The number of sulfonamides is 1. The zero-order valence-corrected chi connectivity index (χ0v) is 11.3. The summed E-state index contributed by atoms with van der Waals surface area (Å²) in [5, 5.41) is 21.8. The maximum Gasteiger partial charge on any atom is 0.243 e. The molecule has 1 aromatic rings. The summed E-state index contributed by atoms with van der Waals surface area (Å²) >= 11 is 0. The van der Waals surface area contributed by atoms with Gasteiger partial charge in [0.2, 0.25) is 10.0 Å². The van der Waals surface area contributed by atoms with Gasteiger partial charge in [0.15, 0.2) is 0 Å². The Kier molecular flexibility index (Phi) is 4.04. The Morgan fingerprint density at radius 1 is 1.42 bits per heavy atom. The number of hydrogen-bond donors (Lipinski definition) is 3. The highest BCUT2D eigenvalue weighted by Gasteiger charge is 2.37. The third-order valence-corrected chi connectivity index (χ3v) is 4.78. The Hall–Kier alpha value is -1.22. The van der Waals surface area contributed by atoms with E-state index in [9.17, 15) is 18.6 Å². The maximum absolute atomic E-state index is 12.3. The van der Waals surface area contributed by atoms with Gasteiger partial charge in [0, 0.05) is 31.9 Å². The summed E-state index contributed by atoms with van der Waals surface area (Å²) < 4.78 is 25.7. The molecule has 1 aliphatic heterocycles. The van der Waals surface area contributed by atoms with Gasteiger partial charge in [-0.2, -0.15) is 4.31 Å². The minimum absolute atomic E-state index is 0.0949. The van der Waals surface area contributed by atoms with Crippen LogP contribution in [0.2, 0.25) is 0 Å². The first-order valence-corrected chi connectivity index (χ1v) is 7.45. The van der Waals surface area contributed by atoms with Crippen molar-refractivity contribution in [1.29, 1.82) is 0 Å². The normalized spacial score (nSPS) is 24.6. The van der Waals surface area contributed by atoms with E-state index >= 15 is 0 Å². The van der Waals surface area contributed by atoms with Crippen molar-refractivity contribution in [3.05, 3.63) is 18.3 Å². The Morgan fingerprint density at radius 3 is 2.63 bits per heavy atom. The molecule has 8 heteroatoms. The molecule has 0 aromatic carbocycles. The monoisotopic (exact) mass is 287 g/mol. The highest BCUT2D eigenvalue weighted by molar-refractivity contribution is 7.89. The van der Waals surface area contributed by atoms with E-state index in [2.05, 4.69) is 10.3 Å². The molecule has 106 valence electrons. The van der Waals surface area contributed by atoms with Crippen molar-refractivity contribution in [2.24, 2.45) is 0 Å². The predicted octanol–water partition coefficient (Wildman–Crippen LogP) is -0.761. The van der Waals surface area contributed by atoms with Crippen molar-refractivity contribution >= 4 is 15.8 Å². The molecule has 1 fully saturated rings. The van der Waals surface area contributed by atoms with Gasteiger partial charge in [-0.05, 0) is 13.0 Å². The van der Waals surface area contributed by atoms with Gasteiger partial charge in [-0.3, -0.25) is 0 Å². The molecule has 1 saturated heterocycles. The topological polar surface area (TPSA) is 103 Å². The molecular formula is C11H17N3O4S. The zero-order chi connectivity index (χ0) is 14.0. The number of aliphatic hydroxyl groups is 2. The molecule has 2 rings (SSSR count). The summed E-state index contributed by atoms with van der Waals surface area (Å²) in [6.07, 6.45) is -0.664. The number of anilines is 1. The van der Waals surface area contributed by atoms with Gasteiger partial charge in [-0.15, -0.1) is 0 Å². The Morgan fingerprint density at radius 2 is 2.05 bits per heavy atom. The third kappa shape index (κ3) is 2.86. The van der Waals surface area contributed by atoms with E-state index in [0.29, 0.717) is 12.4 Å². The Labute approximate surface area is 111 Å². The molecule has 0 saturated carbocycles. The fraction of sp³-hybridized carbons (Fsp3) is 0.545. The number of hydrogen-bond acceptors (Lipinski definition) is 6. The first kappa shape index (κ1) is 14.2. The van der Waals surface area contributed by atoms with Gasteiger partial charge >= 0.3 is 0 Å². The van der Waals surface area contributed by atoms with Crippen LogP contribution < -0.4 is 5.32 Å². The van der Waals surface area contributed by atoms with E-state index in [1.807, 2.05) is 6.92 Å². The first-order chi connectivity index (χ1) is 8.95. The number of β-amino-alcohol motifs (C(OH)–C–C–N with tert-alkyl or cyclic N) is 2. The van der Waals surface area contributed by atoms with E-state index in [1.165, 1.54) is 18.3 Å². The number of aliphatic hydroxyl groups excluding tert-OH is 2. The van der Waals surface area contributed by atoms with Crippen molar-refractivity contribution < 1.29 is 18.6 Å². The fourth-order valence-corrected chi connectivity index (χ4v) is 3.42. The molecule has 2 heterocycles. The number of nitrogens with one attached hydrogen (secondary N) is 1. The smallest absolute Gasteiger partial charge is 0.243 e. The van der Waals surface area contributed by atoms with Crippen LogP contribution in [0.15, 0.2) is 23.2 Å². The molecule has 2 unspecified atom stereocenters. The van der Waals surface area contributed by atoms with E-state index in [4.69, 9.17) is 0 Å². The SMILES string of the molecule is CCNc1cc(S(=O)(=O)N2CC(O)C(O)C2)ccn1.